The van der Waals surface area contributed by atoms with Crippen LogP contribution < -0.4 is 0 Å². The van der Waals surface area contributed by atoms with E-state index in [1.807, 2.05) is 24.3 Å². The summed E-state index contributed by atoms with van der Waals surface area (Å²) < 4.78 is 2.42. The van der Waals surface area contributed by atoms with Gasteiger partial charge in [-0.25, -0.2) is 24.9 Å². The van der Waals surface area contributed by atoms with Gasteiger partial charge in [0.2, 0.25) is 0 Å². The third-order valence-electron chi connectivity index (χ3n) is 16.1. The molecule has 3 aromatic heterocycles. The lowest BCUT2D eigenvalue weighted by atomic mass is 9.79. The molecule has 12 aromatic rings. The van der Waals surface area contributed by atoms with Gasteiger partial charge in [-0.15, -0.1) is 0 Å². The van der Waals surface area contributed by atoms with E-state index in [0.29, 0.717) is 23.3 Å². The zero-order valence-corrected chi connectivity index (χ0v) is 49.2. The Balaban J connectivity index is 1.18. The Morgan fingerprint density at radius 3 is 1.23 bits per heavy atom. The summed E-state index contributed by atoms with van der Waals surface area (Å²) in [5.41, 5.74) is 19.9. The van der Waals surface area contributed by atoms with Gasteiger partial charge in [0, 0.05) is 44.2 Å². The highest BCUT2D eigenvalue weighted by Crippen LogP contribution is 2.42. The highest BCUT2D eigenvalue weighted by molar-refractivity contribution is 6.12. The Kier molecular flexibility index (Phi) is 15.1. The number of benzene rings is 9. The maximum absolute atomic E-state index is 5.72. The minimum absolute atomic E-state index is 0.135. The third kappa shape index (κ3) is 11.6. The Morgan fingerprint density at radius 1 is 0.325 bits per heavy atom. The molecule has 6 nitrogen and oxygen atoms in total. The lowest BCUT2D eigenvalue weighted by molar-refractivity contribution is 0.569. The van der Waals surface area contributed by atoms with Crippen LogP contribution >= 0.6 is 0 Å². The van der Waals surface area contributed by atoms with Crippen molar-refractivity contribution in [2.75, 3.05) is 0 Å². The molecule has 0 saturated heterocycles. The lowest BCUT2D eigenvalue weighted by Crippen LogP contribution is -2.17. The lowest BCUT2D eigenvalue weighted by Gasteiger charge is -2.26. The number of hydrogen-bond acceptors (Lipinski definition) is 5. The number of unbranched alkanes of at least 4 members (excludes halogenated alkanes) is 2. The highest BCUT2D eigenvalue weighted by Gasteiger charge is 2.26. The molecule has 9 aromatic carbocycles. The molecule has 0 amide bonds. The zero-order valence-electron chi connectivity index (χ0n) is 49.2. The normalized spacial score (nSPS) is 11.9. The van der Waals surface area contributed by atoms with Crippen LogP contribution in [0.2, 0.25) is 0 Å². The molecule has 0 aliphatic carbocycles. The number of rotatable bonds is 15. The van der Waals surface area contributed by atoms with E-state index in [4.69, 9.17) is 24.9 Å². The molecule has 6 heteroatoms. The van der Waals surface area contributed by atoms with Crippen LogP contribution in [0.1, 0.15) is 103 Å². The second-order valence-electron chi connectivity index (χ2n) is 24.3. The van der Waals surface area contributed by atoms with Gasteiger partial charge in [0.05, 0.1) is 28.1 Å². The molecule has 410 valence electrons. The SMILES string of the molecule is CCCCc1cc(CCCC)cc(-c2nc(-c3cc(C(C)(C)C)cc(C(C)(C)C)c3)nc(-c3cc(-c4cc(-c5ccccc5)nc(-c5ccccc5)n4)ccc3-n3c4ccc(-c5ccccc5)cc4c4cc(-c5ccccc5)ccc43)n2)c1. The van der Waals surface area contributed by atoms with Crippen molar-refractivity contribution < 1.29 is 0 Å². The van der Waals surface area contributed by atoms with Crippen molar-refractivity contribution >= 4 is 21.8 Å². The molecule has 0 atom stereocenters. The van der Waals surface area contributed by atoms with Gasteiger partial charge in [0.1, 0.15) is 0 Å². The summed E-state index contributed by atoms with van der Waals surface area (Å²) in [6.07, 6.45) is 6.42. The summed E-state index contributed by atoms with van der Waals surface area (Å²) in [4.78, 5) is 27.6. The first-order valence-corrected chi connectivity index (χ1v) is 29.7. The summed E-state index contributed by atoms with van der Waals surface area (Å²) in [5, 5.41) is 2.30. The van der Waals surface area contributed by atoms with Crippen LogP contribution in [0, 0.1) is 0 Å². The summed E-state index contributed by atoms with van der Waals surface area (Å²) in [6, 6.07) is 78.7. The first-order chi connectivity index (χ1) is 40.3. The molecule has 12 rings (SSSR count). The first-order valence-electron chi connectivity index (χ1n) is 29.7. The molecular weight excluding hydrogens is 1010 g/mol. The fraction of sp³-hybridized carbons (Fsp3) is 0.208. The number of aromatic nitrogens is 6. The van der Waals surface area contributed by atoms with Crippen molar-refractivity contribution in [1.82, 2.24) is 29.5 Å². The summed E-state index contributed by atoms with van der Waals surface area (Å²) >= 11 is 0. The second kappa shape index (κ2) is 23.0. The van der Waals surface area contributed by atoms with E-state index in [9.17, 15) is 0 Å². The predicted molar refractivity (Wildman–Crippen MR) is 348 cm³/mol. The molecule has 0 unspecified atom stereocenters. The third-order valence-corrected chi connectivity index (χ3v) is 16.1. The van der Waals surface area contributed by atoms with E-state index in [2.05, 4.69) is 254 Å². The minimum Gasteiger partial charge on any atom is -0.308 e. The molecule has 0 radical (unpaired) electrons. The van der Waals surface area contributed by atoms with Crippen LogP contribution in [0.5, 0.6) is 0 Å². The average Bonchev–Trinajstić information content (AvgIpc) is 3.53. The largest absolute Gasteiger partial charge is 0.308 e. The van der Waals surface area contributed by atoms with Crippen molar-refractivity contribution in [2.24, 2.45) is 0 Å². The average molecular weight is 1080 g/mol. The van der Waals surface area contributed by atoms with Gasteiger partial charge in [0.15, 0.2) is 23.3 Å². The van der Waals surface area contributed by atoms with E-state index in [-0.39, 0.29) is 10.8 Å². The minimum atomic E-state index is -0.135. The molecule has 0 aliphatic heterocycles. The molecule has 0 spiro atoms. The van der Waals surface area contributed by atoms with Gasteiger partial charge in [-0.05, 0) is 148 Å². The van der Waals surface area contributed by atoms with Crippen LogP contribution in [-0.2, 0) is 23.7 Å². The maximum atomic E-state index is 5.72. The monoisotopic (exact) mass is 1080 g/mol. The van der Waals surface area contributed by atoms with Crippen molar-refractivity contribution in [1.29, 1.82) is 0 Å². The Morgan fingerprint density at radius 2 is 0.747 bits per heavy atom. The summed E-state index contributed by atoms with van der Waals surface area (Å²) in [7, 11) is 0. The van der Waals surface area contributed by atoms with Gasteiger partial charge < -0.3 is 4.57 Å². The Labute approximate surface area is 490 Å². The molecule has 0 aliphatic rings. The summed E-state index contributed by atoms with van der Waals surface area (Å²) in [5.74, 6) is 2.51. The number of aryl methyl sites for hydroxylation is 2. The smallest absolute Gasteiger partial charge is 0.166 e. The van der Waals surface area contributed by atoms with Gasteiger partial charge in [-0.3, -0.25) is 0 Å². The summed E-state index contributed by atoms with van der Waals surface area (Å²) in [6.45, 7) is 18.3. The van der Waals surface area contributed by atoms with Gasteiger partial charge in [-0.2, -0.15) is 0 Å². The van der Waals surface area contributed by atoms with Crippen LogP contribution in [0.3, 0.4) is 0 Å². The fourth-order valence-corrected chi connectivity index (χ4v) is 11.4. The highest BCUT2D eigenvalue weighted by atomic mass is 15.1. The quantitative estimate of drug-likeness (QED) is 0.102. The van der Waals surface area contributed by atoms with Crippen molar-refractivity contribution in [3.8, 4) is 96.0 Å². The van der Waals surface area contributed by atoms with E-state index in [0.717, 1.165) is 122 Å². The second-order valence-corrected chi connectivity index (χ2v) is 24.3. The van der Waals surface area contributed by atoms with Crippen molar-refractivity contribution in [3.05, 3.63) is 241 Å². The number of hydrogen-bond donors (Lipinski definition) is 0. The first kappa shape index (κ1) is 54.5. The molecule has 3 heterocycles. The molecule has 0 N–H and O–H groups in total. The molecule has 83 heavy (non-hydrogen) atoms. The van der Waals surface area contributed by atoms with Crippen molar-refractivity contribution in [3.63, 3.8) is 0 Å². The van der Waals surface area contributed by atoms with Gasteiger partial charge >= 0.3 is 0 Å². The Hall–Kier alpha value is -9.13. The van der Waals surface area contributed by atoms with E-state index in [1.165, 1.54) is 33.4 Å². The van der Waals surface area contributed by atoms with Crippen molar-refractivity contribution in [2.45, 2.75) is 105 Å². The molecular formula is C77H72N6. The predicted octanol–water partition coefficient (Wildman–Crippen LogP) is 20.4. The van der Waals surface area contributed by atoms with Crippen LogP contribution in [0.15, 0.2) is 218 Å². The standard InChI is InChI=1S/C77H72N6/c1-9-11-25-51-41-52(26-12-10-2)43-60(42-51)73-80-74(61-44-62(76(3,4)5)49-63(45-61)77(6,7)8)82-75(81-73)66-48-59(68-50-67(55-31-21-15-22-32-55)78-72(79-68)56-33-23-16-24-34-56)37-40-71(66)83-69-38-35-57(53-27-17-13-18-28-53)46-64(69)65-47-58(36-39-70(65)83)54-29-19-14-20-30-54/h13-24,27-50H,9-12,25-26H2,1-8H3. The van der Waals surface area contributed by atoms with Gasteiger partial charge in [-0.1, -0.05) is 220 Å². The molecule has 0 fully saturated rings. The van der Waals surface area contributed by atoms with E-state index < -0.39 is 0 Å². The number of nitrogens with zero attached hydrogens (tertiary/aromatic N) is 6. The zero-order chi connectivity index (χ0) is 57.2. The van der Waals surface area contributed by atoms with Crippen LogP contribution in [-0.4, -0.2) is 29.5 Å². The van der Waals surface area contributed by atoms with E-state index in [1.54, 1.807) is 0 Å². The van der Waals surface area contributed by atoms with Crippen LogP contribution in [0.4, 0.5) is 0 Å². The molecule has 0 saturated carbocycles. The van der Waals surface area contributed by atoms with E-state index >= 15 is 0 Å². The van der Waals surface area contributed by atoms with Gasteiger partial charge in [0.25, 0.3) is 0 Å². The molecule has 0 bridgehead atoms. The topological polar surface area (TPSA) is 69.4 Å². The number of fused-ring (bicyclic) bond motifs is 3. The maximum Gasteiger partial charge on any atom is 0.166 e. The van der Waals surface area contributed by atoms with Crippen LogP contribution in [0.25, 0.3) is 118 Å². The fourth-order valence-electron chi connectivity index (χ4n) is 11.4. The Bertz CT molecular complexity index is 4070.